The lowest BCUT2D eigenvalue weighted by Crippen LogP contribution is -2.33. The molecule has 0 fully saturated rings. The molecule has 0 saturated heterocycles. The van der Waals surface area contributed by atoms with Gasteiger partial charge in [0.1, 0.15) is 5.82 Å². The Morgan fingerprint density at radius 3 is 2.71 bits per heavy atom. The summed E-state index contributed by atoms with van der Waals surface area (Å²) >= 11 is 0. The van der Waals surface area contributed by atoms with Crippen LogP contribution in [0.1, 0.15) is 38.7 Å². The third kappa shape index (κ3) is 2.67. The number of aryl methyl sites for hydroxylation is 1. The van der Waals surface area contributed by atoms with Gasteiger partial charge in [-0.1, -0.05) is 13.3 Å². The second-order valence-electron chi connectivity index (χ2n) is 4.06. The van der Waals surface area contributed by atoms with Crippen LogP contribution in [0.3, 0.4) is 0 Å². The predicted octanol–water partition coefficient (Wildman–Crippen LogP) is 0.916. The molecule has 0 spiro atoms. The molecule has 0 aliphatic rings. The van der Waals surface area contributed by atoms with Crippen LogP contribution in [0.4, 0.5) is 0 Å². The molecule has 1 heterocycles. The van der Waals surface area contributed by atoms with Gasteiger partial charge in [0, 0.05) is 11.8 Å². The summed E-state index contributed by atoms with van der Waals surface area (Å²) in [5, 5.41) is 0. The van der Waals surface area contributed by atoms with Gasteiger partial charge in [0.2, 0.25) is 0 Å². The lowest BCUT2D eigenvalue weighted by Gasteiger charge is -2.17. The van der Waals surface area contributed by atoms with Crippen LogP contribution < -0.4 is 11.3 Å². The van der Waals surface area contributed by atoms with Crippen molar-refractivity contribution in [3.05, 3.63) is 27.9 Å². The maximum absolute atomic E-state index is 11.3. The fourth-order valence-corrected chi connectivity index (χ4v) is 1.20. The van der Waals surface area contributed by atoms with E-state index in [1.807, 2.05) is 13.8 Å². The van der Waals surface area contributed by atoms with Gasteiger partial charge in [-0.15, -0.1) is 0 Å². The highest BCUT2D eigenvalue weighted by Crippen LogP contribution is 2.10. The molecule has 3 N–H and O–H groups in total. The van der Waals surface area contributed by atoms with Crippen molar-refractivity contribution in [3.8, 4) is 0 Å². The topological polar surface area (TPSA) is 71.8 Å². The molecule has 14 heavy (non-hydrogen) atoms. The Bertz CT molecular complexity index is 362. The Morgan fingerprint density at radius 1 is 1.57 bits per heavy atom. The van der Waals surface area contributed by atoms with Crippen LogP contribution in [0.2, 0.25) is 0 Å². The van der Waals surface area contributed by atoms with Crippen molar-refractivity contribution in [3.63, 3.8) is 0 Å². The molecule has 0 aromatic carbocycles. The van der Waals surface area contributed by atoms with Gasteiger partial charge in [0.15, 0.2) is 0 Å². The summed E-state index contributed by atoms with van der Waals surface area (Å²) in [6.45, 7) is 5.69. The van der Waals surface area contributed by atoms with E-state index in [2.05, 4.69) is 16.9 Å². The molecule has 1 aromatic rings. The van der Waals surface area contributed by atoms with Gasteiger partial charge in [-0.25, -0.2) is 4.98 Å². The zero-order chi connectivity index (χ0) is 10.8. The number of rotatable bonds is 3. The van der Waals surface area contributed by atoms with Gasteiger partial charge in [-0.2, -0.15) is 0 Å². The average molecular weight is 195 g/mol. The Kier molecular flexibility index (Phi) is 3.06. The van der Waals surface area contributed by atoms with E-state index in [1.165, 1.54) is 6.07 Å². The molecule has 78 valence electrons. The molecule has 0 amide bonds. The molecule has 0 radical (unpaired) electrons. The molecular weight excluding hydrogens is 178 g/mol. The average Bonchev–Trinajstić information content (AvgIpc) is 2.02. The van der Waals surface area contributed by atoms with Crippen molar-refractivity contribution in [2.45, 2.75) is 39.2 Å². The van der Waals surface area contributed by atoms with E-state index in [9.17, 15) is 4.79 Å². The molecule has 4 nitrogen and oxygen atoms in total. The largest absolute Gasteiger partial charge is 0.319 e. The van der Waals surface area contributed by atoms with Crippen LogP contribution in [-0.2, 0) is 12.0 Å². The Morgan fingerprint density at radius 2 is 2.21 bits per heavy atom. The lowest BCUT2D eigenvalue weighted by atomic mass is 10.1. The Hall–Kier alpha value is -1.16. The zero-order valence-electron chi connectivity index (χ0n) is 8.92. The zero-order valence-corrected chi connectivity index (χ0v) is 8.92. The highest BCUT2D eigenvalue weighted by atomic mass is 16.1. The molecule has 0 saturated carbocycles. The monoisotopic (exact) mass is 195 g/mol. The van der Waals surface area contributed by atoms with E-state index in [-0.39, 0.29) is 5.56 Å². The van der Waals surface area contributed by atoms with Crippen LogP contribution in [0.15, 0.2) is 10.9 Å². The SMILES string of the molecule is CCCc1cc(=O)[nH]c(C(C)(C)N)n1. The summed E-state index contributed by atoms with van der Waals surface area (Å²) in [4.78, 5) is 18.2. The summed E-state index contributed by atoms with van der Waals surface area (Å²) in [6, 6.07) is 1.53. The minimum atomic E-state index is -0.594. The van der Waals surface area contributed by atoms with Crippen LogP contribution in [0.25, 0.3) is 0 Å². The van der Waals surface area contributed by atoms with Crippen LogP contribution in [-0.4, -0.2) is 9.97 Å². The molecule has 0 bridgehead atoms. The number of aromatic amines is 1. The van der Waals surface area contributed by atoms with Crippen LogP contribution in [0.5, 0.6) is 0 Å². The Labute approximate surface area is 83.6 Å². The van der Waals surface area contributed by atoms with Crippen molar-refractivity contribution in [1.29, 1.82) is 0 Å². The number of aromatic nitrogens is 2. The molecule has 0 aliphatic heterocycles. The van der Waals surface area contributed by atoms with E-state index in [1.54, 1.807) is 0 Å². The summed E-state index contributed by atoms with van der Waals surface area (Å²) in [6.07, 6.45) is 1.79. The number of nitrogens with one attached hydrogen (secondary N) is 1. The molecule has 0 atom stereocenters. The summed E-state index contributed by atoms with van der Waals surface area (Å²) in [7, 11) is 0. The first kappa shape index (κ1) is 10.9. The quantitative estimate of drug-likeness (QED) is 0.753. The highest BCUT2D eigenvalue weighted by molar-refractivity contribution is 5.08. The van der Waals surface area contributed by atoms with E-state index in [4.69, 9.17) is 5.73 Å². The van der Waals surface area contributed by atoms with Crippen molar-refractivity contribution in [2.24, 2.45) is 5.73 Å². The molecule has 4 heteroatoms. The maximum Gasteiger partial charge on any atom is 0.251 e. The van der Waals surface area contributed by atoms with E-state index in [0.29, 0.717) is 5.82 Å². The van der Waals surface area contributed by atoms with Gasteiger partial charge >= 0.3 is 0 Å². The standard InChI is InChI=1S/C10H17N3O/c1-4-5-7-6-8(14)13-9(12-7)10(2,3)11/h6H,4-5,11H2,1-3H3,(H,12,13,14). The fourth-order valence-electron chi connectivity index (χ4n) is 1.20. The van der Waals surface area contributed by atoms with Gasteiger partial charge in [0.25, 0.3) is 5.56 Å². The van der Waals surface area contributed by atoms with Crippen LogP contribution >= 0.6 is 0 Å². The second-order valence-corrected chi connectivity index (χ2v) is 4.06. The van der Waals surface area contributed by atoms with Crippen molar-refractivity contribution < 1.29 is 0 Å². The number of nitrogens with two attached hydrogens (primary N) is 1. The molecule has 0 aliphatic carbocycles. The fraction of sp³-hybridized carbons (Fsp3) is 0.600. The van der Waals surface area contributed by atoms with Crippen molar-refractivity contribution in [2.75, 3.05) is 0 Å². The van der Waals surface area contributed by atoms with Crippen LogP contribution in [0, 0.1) is 0 Å². The predicted molar refractivity (Wildman–Crippen MR) is 56.1 cm³/mol. The van der Waals surface area contributed by atoms with Gasteiger partial charge in [-0.05, 0) is 20.3 Å². The van der Waals surface area contributed by atoms with Gasteiger partial charge < -0.3 is 10.7 Å². The first-order chi connectivity index (χ1) is 6.43. The minimum absolute atomic E-state index is 0.128. The lowest BCUT2D eigenvalue weighted by molar-refractivity contribution is 0.508. The summed E-state index contributed by atoms with van der Waals surface area (Å²) in [5.74, 6) is 0.549. The Balaban J connectivity index is 3.14. The molecule has 0 unspecified atom stereocenters. The van der Waals surface area contributed by atoms with E-state index >= 15 is 0 Å². The van der Waals surface area contributed by atoms with Crippen molar-refractivity contribution in [1.82, 2.24) is 9.97 Å². The number of hydrogen-bond donors (Lipinski definition) is 2. The van der Waals surface area contributed by atoms with E-state index < -0.39 is 5.54 Å². The smallest absolute Gasteiger partial charge is 0.251 e. The molecular formula is C10H17N3O. The minimum Gasteiger partial charge on any atom is -0.319 e. The van der Waals surface area contributed by atoms with E-state index in [0.717, 1.165) is 18.5 Å². The van der Waals surface area contributed by atoms with Gasteiger partial charge in [0.05, 0.1) is 5.54 Å². The second kappa shape index (κ2) is 3.92. The summed E-state index contributed by atoms with van der Waals surface area (Å²) in [5.41, 5.74) is 5.95. The molecule has 1 aromatic heterocycles. The number of nitrogens with zero attached hydrogens (tertiary/aromatic N) is 1. The third-order valence-corrected chi connectivity index (χ3v) is 1.91. The maximum atomic E-state index is 11.3. The third-order valence-electron chi connectivity index (χ3n) is 1.91. The number of H-pyrrole nitrogens is 1. The van der Waals surface area contributed by atoms with Crippen molar-refractivity contribution >= 4 is 0 Å². The highest BCUT2D eigenvalue weighted by Gasteiger charge is 2.17. The normalized spacial score (nSPS) is 11.7. The van der Waals surface area contributed by atoms with Gasteiger partial charge in [-0.3, -0.25) is 4.79 Å². The first-order valence-electron chi connectivity index (χ1n) is 4.83. The summed E-state index contributed by atoms with van der Waals surface area (Å²) < 4.78 is 0. The molecule has 1 rings (SSSR count). The number of hydrogen-bond acceptors (Lipinski definition) is 3. The first-order valence-corrected chi connectivity index (χ1v) is 4.83.